The Labute approximate surface area is 68.6 Å². The van der Waals surface area contributed by atoms with E-state index in [4.69, 9.17) is 4.74 Å². The third kappa shape index (κ3) is 1.94. The van der Waals surface area contributed by atoms with Gasteiger partial charge in [0.05, 0.1) is 12.2 Å². The van der Waals surface area contributed by atoms with Crippen LogP contribution in [-0.4, -0.2) is 23.9 Å². The quantitative estimate of drug-likeness (QED) is 0.629. The minimum Gasteiger partial charge on any atom is -0.387 e. The fourth-order valence-electron chi connectivity index (χ4n) is 1.37. The van der Waals surface area contributed by atoms with Gasteiger partial charge in [-0.1, -0.05) is 13.8 Å². The molecule has 0 heterocycles. The summed E-state index contributed by atoms with van der Waals surface area (Å²) in [6.07, 6.45) is 3.09. The predicted molar refractivity (Wildman–Crippen MR) is 44.5 cm³/mol. The molecule has 2 unspecified atom stereocenters. The third-order valence-electron chi connectivity index (χ3n) is 2.63. The van der Waals surface area contributed by atoms with Crippen LogP contribution < -0.4 is 0 Å². The van der Waals surface area contributed by atoms with Gasteiger partial charge in [-0.3, -0.25) is 0 Å². The van der Waals surface area contributed by atoms with Gasteiger partial charge in [0.25, 0.3) is 0 Å². The average molecular weight is 158 g/mol. The van der Waals surface area contributed by atoms with Gasteiger partial charge in [0.2, 0.25) is 0 Å². The second-order valence-corrected chi connectivity index (χ2v) is 3.60. The molecule has 0 saturated heterocycles. The molecule has 2 heteroatoms. The number of aliphatic hydroxyl groups is 1. The lowest BCUT2D eigenvalue weighted by atomic mass is 9.71. The minimum atomic E-state index is -0.491. The first-order chi connectivity index (χ1) is 5.19. The van der Waals surface area contributed by atoms with Crippen molar-refractivity contribution in [3.05, 3.63) is 0 Å². The fraction of sp³-hybridized carbons (Fsp3) is 1.00. The van der Waals surface area contributed by atoms with Crippen molar-refractivity contribution in [2.24, 2.45) is 5.92 Å². The molecule has 0 aliphatic heterocycles. The third-order valence-corrected chi connectivity index (χ3v) is 2.63. The van der Waals surface area contributed by atoms with Crippen LogP contribution in [0.3, 0.4) is 0 Å². The molecule has 0 aromatic rings. The largest absolute Gasteiger partial charge is 0.387 e. The Morgan fingerprint density at radius 2 is 2.36 bits per heavy atom. The van der Waals surface area contributed by atoms with E-state index in [-0.39, 0.29) is 0 Å². The standard InChI is InChI=1S/C9H18O2/c1-3-6-11-7-9(10)5-4-8(9)2/h8,10H,3-7H2,1-2H3. The maximum Gasteiger partial charge on any atom is 0.0905 e. The monoisotopic (exact) mass is 158 g/mol. The molecule has 1 N–H and O–H groups in total. The van der Waals surface area contributed by atoms with E-state index in [2.05, 4.69) is 13.8 Å². The van der Waals surface area contributed by atoms with Crippen LogP contribution in [0.2, 0.25) is 0 Å². The van der Waals surface area contributed by atoms with Gasteiger partial charge < -0.3 is 9.84 Å². The maximum atomic E-state index is 9.78. The molecule has 2 atom stereocenters. The topological polar surface area (TPSA) is 29.5 Å². The van der Waals surface area contributed by atoms with Gasteiger partial charge in [-0.2, -0.15) is 0 Å². The maximum absolute atomic E-state index is 9.78. The van der Waals surface area contributed by atoms with Gasteiger partial charge in [0, 0.05) is 6.61 Å². The lowest BCUT2D eigenvalue weighted by Gasteiger charge is -2.43. The first-order valence-electron chi connectivity index (χ1n) is 4.49. The van der Waals surface area contributed by atoms with E-state index >= 15 is 0 Å². The van der Waals surface area contributed by atoms with Gasteiger partial charge in [0.15, 0.2) is 0 Å². The number of rotatable bonds is 4. The second-order valence-electron chi connectivity index (χ2n) is 3.60. The molecule has 66 valence electrons. The van der Waals surface area contributed by atoms with Gasteiger partial charge in [-0.25, -0.2) is 0 Å². The van der Waals surface area contributed by atoms with Crippen LogP contribution in [-0.2, 0) is 4.74 Å². The first kappa shape index (κ1) is 9.01. The summed E-state index contributed by atoms with van der Waals surface area (Å²) in [6.45, 7) is 5.46. The summed E-state index contributed by atoms with van der Waals surface area (Å²) in [5.41, 5.74) is -0.491. The summed E-state index contributed by atoms with van der Waals surface area (Å²) >= 11 is 0. The van der Waals surface area contributed by atoms with Crippen LogP contribution in [0.1, 0.15) is 33.1 Å². The molecule has 0 aromatic carbocycles. The molecule has 11 heavy (non-hydrogen) atoms. The first-order valence-corrected chi connectivity index (χ1v) is 4.49. The molecule has 0 radical (unpaired) electrons. The zero-order chi connectivity index (χ0) is 8.32. The van der Waals surface area contributed by atoms with Crippen molar-refractivity contribution in [3.8, 4) is 0 Å². The van der Waals surface area contributed by atoms with Crippen molar-refractivity contribution in [2.45, 2.75) is 38.7 Å². The van der Waals surface area contributed by atoms with Crippen LogP contribution in [0.15, 0.2) is 0 Å². The van der Waals surface area contributed by atoms with Crippen LogP contribution in [0, 0.1) is 5.92 Å². The zero-order valence-corrected chi connectivity index (χ0v) is 7.47. The van der Waals surface area contributed by atoms with Crippen molar-refractivity contribution in [1.82, 2.24) is 0 Å². The van der Waals surface area contributed by atoms with Gasteiger partial charge in [-0.05, 0) is 25.2 Å². The van der Waals surface area contributed by atoms with E-state index in [0.717, 1.165) is 25.9 Å². The van der Waals surface area contributed by atoms with E-state index in [1.807, 2.05) is 0 Å². The van der Waals surface area contributed by atoms with Crippen LogP contribution in [0.4, 0.5) is 0 Å². The van der Waals surface area contributed by atoms with Crippen LogP contribution in [0.25, 0.3) is 0 Å². The van der Waals surface area contributed by atoms with E-state index < -0.39 is 5.60 Å². The molecule has 0 amide bonds. The Hall–Kier alpha value is -0.0800. The molecular formula is C9H18O2. The van der Waals surface area contributed by atoms with E-state index in [9.17, 15) is 5.11 Å². The summed E-state index contributed by atoms with van der Waals surface area (Å²) in [4.78, 5) is 0. The van der Waals surface area contributed by atoms with Gasteiger partial charge in [-0.15, -0.1) is 0 Å². The van der Waals surface area contributed by atoms with Crippen molar-refractivity contribution in [2.75, 3.05) is 13.2 Å². The highest BCUT2D eigenvalue weighted by Crippen LogP contribution is 2.38. The smallest absolute Gasteiger partial charge is 0.0905 e. The van der Waals surface area contributed by atoms with Crippen LogP contribution >= 0.6 is 0 Å². The number of hydrogen-bond acceptors (Lipinski definition) is 2. The fourth-order valence-corrected chi connectivity index (χ4v) is 1.37. The van der Waals surface area contributed by atoms with Crippen molar-refractivity contribution < 1.29 is 9.84 Å². The Bertz CT molecular complexity index is 125. The summed E-state index contributed by atoms with van der Waals surface area (Å²) < 4.78 is 5.31. The van der Waals surface area contributed by atoms with Crippen molar-refractivity contribution in [3.63, 3.8) is 0 Å². The molecule has 1 fully saturated rings. The highest BCUT2D eigenvalue weighted by Gasteiger charge is 2.42. The SMILES string of the molecule is CCCOCC1(O)CCC1C. The molecule has 2 nitrogen and oxygen atoms in total. The Morgan fingerprint density at radius 1 is 1.64 bits per heavy atom. The zero-order valence-electron chi connectivity index (χ0n) is 7.47. The van der Waals surface area contributed by atoms with E-state index in [1.165, 1.54) is 0 Å². The average Bonchev–Trinajstić information content (AvgIpc) is 2.02. The molecule has 1 aliphatic carbocycles. The Balaban J connectivity index is 2.14. The molecular weight excluding hydrogens is 140 g/mol. The molecule has 1 saturated carbocycles. The Kier molecular flexibility index (Phi) is 2.90. The highest BCUT2D eigenvalue weighted by molar-refractivity contribution is 4.93. The summed E-state index contributed by atoms with van der Waals surface area (Å²) in [5.74, 6) is 0.430. The second kappa shape index (κ2) is 3.55. The molecule has 0 bridgehead atoms. The normalized spacial score (nSPS) is 36.8. The molecule has 1 aliphatic rings. The lowest BCUT2D eigenvalue weighted by Crippen LogP contribution is -2.49. The van der Waals surface area contributed by atoms with Crippen molar-refractivity contribution >= 4 is 0 Å². The van der Waals surface area contributed by atoms with Gasteiger partial charge >= 0.3 is 0 Å². The number of hydrogen-bond donors (Lipinski definition) is 1. The van der Waals surface area contributed by atoms with Crippen molar-refractivity contribution in [1.29, 1.82) is 0 Å². The molecule has 1 rings (SSSR count). The highest BCUT2D eigenvalue weighted by atomic mass is 16.5. The number of ether oxygens (including phenoxy) is 1. The molecule has 0 spiro atoms. The summed E-state index contributed by atoms with van der Waals surface area (Å²) in [5, 5.41) is 9.78. The van der Waals surface area contributed by atoms with E-state index in [0.29, 0.717) is 12.5 Å². The lowest BCUT2D eigenvalue weighted by molar-refractivity contribution is -0.135. The Morgan fingerprint density at radius 3 is 2.73 bits per heavy atom. The van der Waals surface area contributed by atoms with Crippen LogP contribution in [0.5, 0.6) is 0 Å². The van der Waals surface area contributed by atoms with Gasteiger partial charge in [0.1, 0.15) is 0 Å². The summed E-state index contributed by atoms with van der Waals surface area (Å²) in [7, 11) is 0. The predicted octanol–water partition coefficient (Wildman–Crippen LogP) is 1.57. The summed E-state index contributed by atoms with van der Waals surface area (Å²) in [6, 6.07) is 0. The molecule has 0 aromatic heterocycles. The minimum absolute atomic E-state index is 0.430. The van der Waals surface area contributed by atoms with E-state index in [1.54, 1.807) is 0 Å².